The van der Waals surface area contributed by atoms with Crippen LogP contribution < -0.4 is 4.72 Å². The fraction of sp³-hybridized carbons (Fsp3) is 1.00. The van der Waals surface area contributed by atoms with E-state index in [0.29, 0.717) is 5.92 Å². The Morgan fingerprint density at radius 3 is 2.75 bits per heavy atom. The van der Waals surface area contributed by atoms with Crippen molar-refractivity contribution < 1.29 is 3.89 Å². The van der Waals surface area contributed by atoms with Crippen molar-refractivity contribution in [3.05, 3.63) is 0 Å². The summed E-state index contributed by atoms with van der Waals surface area (Å²) in [6.45, 7) is 4.94. The maximum absolute atomic E-state index is 11.3. The number of rotatable bonds is 4. The molecule has 0 aromatic rings. The van der Waals surface area contributed by atoms with Gasteiger partial charge in [0.1, 0.15) is 12.3 Å². The Morgan fingerprint density at radius 2 is 2.38 bits per heavy atom. The molecule has 0 fully saturated rings. The summed E-state index contributed by atoms with van der Waals surface area (Å²) in [5.74, 6) is 0.582. The van der Waals surface area contributed by atoms with Crippen molar-refractivity contribution >= 4 is 12.3 Å². The van der Waals surface area contributed by atoms with Gasteiger partial charge in [0, 0.05) is 6.54 Å². The van der Waals surface area contributed by atoms with Crippen LogP contribution in [0.2, 0.25) is 0 Å². The Hall–Kier alpha value is 0.240. The minimum Gasteiger partial charge on any atom is -0.235 e. The van der Waals surface area contributed by atoms with E-state index in [0.717, 1.165) is 13.0 Å². The first-order valence-corrected chi connectivity index (χ1v) is 3.53. The predicted octanol–water partition coefficient (Wildman–Crippen LogP) is 2.15. The van der Waals surface area contributed by atoms with Crippen LogP contribution in [0.15, 0.2) is 0 Å². The van der Waals surface area contributed by atoms with Gasteiger partial charge in [-0.2, -0.15) is 0 Å². The van der Waals surface area contributed by atoms with Crippen LogP contribution in [-0.4, -0.2) is 6.54 Å². The van der Waals surface area contributed by atoms with Gasteiger partial charge in [0.05, 0.1) is 0 Å². The molecule has 0 saturated heterocycles. The number of halogens is 1. The molecule has 8 heavy (non-hydrogen) atoms. The zero-order valence-corrected chi connectivity index (χ0v) is 6.09. The van der Waals surface area contributed by atoms with Gasteiger partial charge in [-0.3, -0.25) is 0 Å². The second-order valence-corrected chi connectivity index (χ2v) is 2.38. The van der Waals surface area contributed by atoms with Gasteiger partial charge < -0.3 is 0 Å². The highest BCUT2D eigenvalue weighted by Gasteiger charge is 1.95. The van der Waals surface area contributed by atoms with E-state index in [4.69, 9.17) is 0 Å². The van der Waals surface area contributed by atoms with Crippen molar-refractivity contribution in [3.8, 4) is 0 Å². The Kier molecular flexibility index (Phi) is 5.54. The Morgan fingerprint density at radius 1 is 1.75 bits per heavy atom. The van der Waals surface area contributed by atoms with Crippen molar-refractivity contribution in [2.24, 2.45) is 5.92 Å². The lowest BCUT2D eigenvalue weighted by atomic mass is 10.1. The van der Waals surface area contributed by atoms with Gasteiger partial charge in [-0.25, -0.2) is 4.72 Å². The van der Waals surface area contributed by atoms with Crippen LogP contribution in [0, 0.1) is 5.92 Å². The number of hydrogen-bond acceptors (Lipinski definition) is 2. The van der Waals surface area contributed by atoms with E-state index in [2.05, 4.69) is 18.6 Å². The lowest BCUT2D eigenvalue weighted by molar-refractivity contribution is 0.556. The van der Waals surface area contributed by atoms with E-state index in [1.807, 2.05) is 0 Å². The van der Waals surface area contributed by atoms with Crippen molar-refractivity contribution in [2.45, 2.75) is 20.3 Å². The summed E-state index contributed by atoms with van der Waals surface area (Å²) in [6.07, 6.45) is 1.10. The van der Waals surface area contributed by atoms with Crippen LogP contribution >= 0.6 is 12.3 Å². The normalized spacial score (nSPS) is 13.9. The van der Waals surface area contributed by atoms with Crippen molar-refractivity contribution in [2.75, 3.05) is 6.54 Å². The molecule has 1 N–H and O–H groups in total. The van der Waals surface area contributed by atoms with E-state index in [9.17, 15) is 3.89 Å². The SMILES string of the molecule is CCC(C)CNSF. The predicted molar refractivity (Wildman–Crippen MR) is 36.2 cm³/mol. The highest BCUT2D eigenvalue weighted by molar-refractivity contribution is 7.92. The fourth-order valence-corrected chi connectivity index (χ4v) is 0.666. The molecular weight excluding hydrogens is 125 g/mol. The molecule has 0 heterocycles. The second kappa shape index (κ2) is 5.38. The second-order valence-electron chi connectivity index (χ2n) is 1.94. The van der Waals surface area contributed by atoms with Crippen LogP contribution in [0.25, 0.3) is 0 Å². The molecule has 0 aromatic heterocycles. The molecule has 0 amide bonds. The van der Waals surface area contributed by atoms with Gasteiger partial charge >= 0.3 is 0 Å². The third-order valence-electron chi connectivity index (χ3n) is 1.18. The number of nitrogens with one attached hydrogen (secondary N) is 1. The van der Waals surface area contributed by atoms with E-state index < -0.39 is 0 Å². The standard InChI is InChI=1S/C5H12FNS/c1-3-5(2)4-7-8-6/h5,7H,3-4H2,1-2H3. The van der Waals surface area contributed by atoms with Crippen molar-refractivity contribution in [3.63, 3.8) is 0 Å². The average molecular weight is 137 g/mol. The van der Waals surface area contributed by atoms with Crippen LogP contribution in [-0.2, 0) is 0 Å². The molecule has 0 radical (unpaired) electrons. The quantitative estimate of drug-likeness (QED) is 0.596. The van der Waals surface area contributed by atoms with Crippen LogP contribution in [0.1, 0.15) is 20.3 Å². The minimum atomic E-state index is 0.195. The lowest BCUT2D eigenvalue weighted by Crippen LogP contribution is -2.11. The molecule has 0 spiro atoms. The molecule has 0 aromatic carbocycles. The molecule has 0 rings (SSSR count). The molecule has 0 aliphatic heterocycles. The zero-order valence-electron chi connectivity index (χ0n) is 5.28. The molecule has 0 aliphatic carbocycles. The minimum absolute atomic E-state index is 0.195. The topological polar surface area (TPSA) is 12.0 Å². The zero-order chi connectivity index (χ0) is 6.41. The summed E-state index contributed by atoms with van der Waals surface area (Å²) in [5.41, 5.74) is 0. The van der Waals surface area contributed by atoms with Gasteiger partial charge in [-0.05, 0) is 5.92 Å². The van der Waals surface area contributed by atoms with Gasteiger partial charge in [0.15, 0.2) is 0 Å². The van der Waals surface area contributed by atoms with Gasteiger partial charge in [0.2, 0.25) is 0 Å². The first-order chi connectivity index (χ1) is 3.81. The van der Waals surface area contributed by atoms with Gasteiger partial charge in [0.25, 0.3) is 0 Å². The summed E-state index contributed by atoms with van der Waals surface area (Å²) < 4.78 is 13.8. The van der Waals surface area contributed by atoms with E-state index >= 15 is 0 Å². The molecule has 1 nitrogen and oxygen atoms in total. The summed E-state index contributed by atoms with van der Waals surface area (Å²) in [4.78, 5) is 0. The first kappa shape index (κ1) is 8.24. The maximum Gasteiger partial charge on any atom is 0.131 e. The summed E-state index contributed by atoms with van der Waals surface area (Å²) in [6, 6.07) is 0. The summed E-state index contributed by atoms with van der Waals surface area (Å²) in [7, 11) is 0. The molecule has 1 atom stereocenters. The molecule has 3 heteroatoms. The molecule has 50 valence electrons. The van der Waals surface area contributed by atoms with E-state index in [-0.39, 0.29) is 12.3 Å². The number of hydrogen-bond donors (Lipinski definition) is 1. The fourth-order valence-electron chi connectivity index (χ4n) is 0.318. The van der Waals surface area contributed by atoms with Crippen LogP contribution in [0.5, 0.6) is 0 Å². The Balaban J connectivity index is 2.86. The molecule has 1 unspecified atom stereocenters. The molecule has 0 aliphatic rings. The third kappa shape index (κ3) is 4.40. The summed E-state index contributed by atoms with van der Waals surface area (Å²) >= 11 is 0.195. The van der Waals surface area contributed by atoms with Gasteiger partial charge in [-0.15, -0.1) is 3.89 Å². The monoisotopic (exact) mass is 137 g/mol. The van der Waals surface area contributed by atoms with Crippen LogP contribution in [0.4, 0.5) is 3.89 Å². The highest BCUT2D eigenvalue weighted by Crippen LogP contribution is 2.00. The Bertz CT molecular complexity index is 51.7. The maximum atomic E-state index is 11.3. The molecule has 0 bridgehead atoms. The highest BCUT2D eigenvalue weighted by atomic mass is 32.2. The first-order valence-electron chi connectivity index (χ1n) is 2.81. The van der Waals surface area contributed by atoms with Crippen LogP contribution in [0.3, 0.4) is 0 Å². The third-order valence-corrected chi connectivity index (χ3v) is 1.46. The van der Waals surface area contributed by atoms with E-state index in [1.54, 1.807) is 0 Å². The van der Waals surface area contributed by atoms with Crippen molar-refractivity contribution in [1.29, 1.82) is 0 Å². The van der Waals surface area contributed by atoms with Crippen molar-refractivity contribution in [1.82, 2.24) is 4.72 Å². The largest absolute Gasteiger partial charge is 0.235 e. The Labute approximate surface area is 54.5 Å². The molecule has 0 saturated carbocycles. The van der Waals surface area contributed by atoms with Gasteiger partial charge in [-0.1, -0.05) is 20.3 Å². The molecular formula is C5H12FNS. The average Bonchev–Trinajstić information content (AvgIpc) is 1.83. The summed E-state index contributed by atoms with van der Waals surface area (Å²) in [5, 5.41) is 0. The lowest BCUT2D eigenvalue weighted by Gasteiger charge is -2.04. The van der Waals surface area contributed by atoms with E-state index in [1.165, 1.54) is 0 Å². The smallest absolute Gasteiger partial charge is 0.131 e.